The Morgan fingerprint density at radius 1 is 1.35 bits per heavy atom. The molecule has 0 saturated carbocycles. The Kier molecular flexibility index (Phi) is 4.94. The van der Waals surface area contributed by atoms with Gasteiger partial charge in [0.05, 0.1) is 11.7 Å². The molecule has 0 saturated heterocycles. The van der Waals surface area contributed by atoms with Crippen LogP contribution in [0.25, 0.3) is 0 Å². The summed E-state index contributed by atoms with van der Waals surface area (Å²) in [7, 11) is 0. The summed E-state index contributed by atoms with van der Waals surface area (Å²) in [6.45, 7) is 8.48. The normalized spacial score (nSPS) is 12.5. The first-order chi connectivity index (χ1) is 7.90. The summed E-state index contributed by atoms with van der Waals surface area (Å²) in [5.74, 6) is 1.41. The molecule has 0 heterocycles. The van der Waals surface area contributed by atoms with Crippen LogP contribution in [0.2, 0.25) is 0 Å². The molecule has 0 aliphatic rings. The van der Waals surface area contributed by atoms with Crippen molar-refractivity contribution >= 4 is 17.2 Å². The number of aryl methyl sites for hydroxylation is 1. The van der Waals surface area contributed by atoms with Crippen molar-refractivity contribution in [3.63, 3.8) is 0 Å². The summed E-state index contributed by atoms with van der Waals surface area (Å²) in [6.07, 6.45) is 1.19. The second-order valence-electron chi connectivity index (χ2n) is 4.92. The van der Waals surface area contributed by atoms with Gasteiger partial charge in [-0.3, -0.25) is 0 Å². The van der Waals surface area contributed by atoms with Crippen LogP contribution in [0.1, 0.15) is 38.3 Å². The Morgan fingerprint density at radius 2 is 2.00 bits per heavy atom. The fourth-order valence-corrected chi connectivity index (χ4v) is 2.03. The average molecular weight is 251 g/mol. The van der Waals surface area contributed by atoms with E-state index < -0.39 is 0 Å². The Labute approximate surface area is 109 Å². The van der Waals surface area contributed by atoms with Gasteiger partial charge in [-0.2, -0.15) is 0 Å². The molecule has 0 bridgehead atoms. The second-order valence-corrected chi connectivity index (χ2v) is 5.36. The van der Waals surface area contributed by atoms with E-state index in [1.165, 1.54) is 0 Å². The van der Waals surface area contributed by atoms with Crippen molar-refractivity contribution in [3.8, 4) is 5.75 Å². The minimum atomic E-state index is 0.171. The van der Waals surface area contributed by atoms with Crippen molar-refractivity contribution in [2.45, 2.75) is 40.2 Å². The Balaban J connectivity index is 2.88. The average Bonchev–Trinajstić information content (AvgIpc) is 2.15. The number of nitrogens with two attached hydrogens (primary N) is 1. The van der Waals surface area contributed by atoms with Gasteiger partial charge in [0, 0.05) is 0 Å². The zero-order valence-corrected chi connectivity index (χ0v) is 11.8. The molecule has 1 aromatic rings. The molecule has 3 heteroatoms. The topological polar surface area (TPSA) is 35.2 Å². The van der Waals surface area contributed by atoms with Crippen LogP contribution in [-0.2, 0) is 0 Å². The van der Waals surface area contributed by atoms with E-state index in [2.05, 4.69) is 20.8 Å². The van der Waals surface area contributed by atoms with Crippen LogP contribution < -0.4 is 10.5 Å². The highest BCUT2D eigenvalue weighted by atomic mass is 32.1. The predicted octanol–water partition coefficient (Wildman–Crippen LogP) is 3.44. The van der Waals surface area contributed by atoms with Crippen LogP contribution >= 0.6 is 12.2 Å². The summed E-state index contributed by atoms with van der Waals surface area (Å²) in [5.41, 5.74) is 7.66. The number of thiocarbonyl (C=S) groups is 1. The van der Waals surface area contributed by atoms with Gasteiger partial charge in [-0.1, -0.05) is 32.1 Å². The molecule has 0 radical (unpaired) electrons. The lowest BCUT2D eigenvalue weighted by molar-refractivity contribution is 0.193. The standard InChI is InChI=1S/C14H21NOS/c1-9(2)7-11(4)16-13-8-10(3)5-6-12(13)14(15)17/h5-6,8-9,11H,7H2,1-4H3,(H2,15,17). The van der Waals surface area contributed by atoms with Crippen LogP contribution in [0.3, 0.4) is 0 Å². The van der Waals surface area contributed by atoms with Gasteiger partial charge in [-0.25, -0.2) is 0 Å². The van der Waals surface area contributed by atoms with Gasteiger partial charge in [0.25, 0.3) is 0 Å². The maximum Gasteiger partial charge on any atom is 0.130 e. The van der Waals surface area contributed by atoms with Crippen LogP contribution in [0.4, 0.5) is 0 Å². The molecule has 0 aliphatic heterocycles. The van der Waals surface area contributed by atoms with Gasteiger partial charge >= 0.3 is 0 Å². The molecule has 0 aromatic heterocycles. The first kappa shape index (κ1) is 14.0. The largest absolute Gasteiger partial charge is 0.490 e. The molecule has 0 aliphatic carbocycles. The molecule has 1 atom stereocenters. The molecule has 0 amide bonds. The third-order valence-electron chi connectivity index (χ3n) is 2.53. The quantitative estimate of drug-likeness (QED) is 0.814. The maximum atomic E-state index is 5.93. The molecule has 0 fully saturated rings. The summed E-state index contributed by atoms with van der Waals surface area (Å²) >= 11 is 5.03. The summed E-state index contributed by atoms with van der Waals surface area (Å²) < 4.78 is 5.93. The van der Waals surface area contributed by atoms with Gasteiger partial charge in [0.2, 0.25) is 0 Å². The van der Waals surface area contributed by atoms with Crippen molar-refractivity contribution in [1.29, 1.82) is 0 Å². The van der Waals surface area contributed by atoms with Crippen LogP contribution in [0.15, 0.2) is 18.2 Å². The van der Waals surface area contributed by atoms with E-state index in [9.17, 15) is 0 Å². The first-order valence-corrected chi connectivity index (χ1v) is 6.38. The summed E-state index contributed by atoms with van der Waals surface area (Å²) in [6, 6.07) is 5.91. The van der Waals surface area contributed by atoms with E-state index in [0.29, 0.717) is 10.9 Å². The summed E-state index contributed by atoms with van der Waals surface area (Å²) in [5, 5.41) is 0. The number of rotatable bonds is 5. The van der Waals surface area contributed by atoms with E-state index >= 15 is 0 Å². The van der Waals surface area contributed by atoms with Gasteiger partial charge < -0.3 is 10.5 Å². The second kappa shape index (κ2) is 6.01. The zero-order valence-electron chi connectivity index (χ0n) is 11.0. The fourth-order valence-electron chi connectivity index (χ4n) is 1.86. The Morgan fingerprint density at radius 3 is 2.53 bits per heavy atom. The van der Waals surface area contributed by atoms with Crippen LogP contribution in [0, 0.1) is 12.8 Å². The third-order valence-corrected chi connectivity index (χ3v) is 2.75. The zero-order chi connectivity index (χ0) is 13.0. The Bertz CT molecular complexity index is 401. The van der Waals surface area contributed by atoms with Crippen LogP contribution in [-0.4, -0.2) is 11.1 Å². The predicted molar refractivity (Wildman–Crippen MR) is 76.6 cm³/mol. The number of hydrogen-bond donors (Lipinski definition) is 1. The molecule has 1 aromatic carbocycles. The fraction of sp³-hybridized carbons (Fsp3) is 0.500. The van der Waals surface area contributed by atoms with Gasteiger partial charge in [0.15, 0.2) is 0 Å². The maximum absolute atomic E-state index is 5.93. The molecule has 0 spiro atoms. The number of benzene rings is 1. The van der Waals surface area contributed by atoms with E-state index in [4.69, 9.17) is 22.7 Å². The van der Waals surface area contributed by atoms with Gasteiger partial charge in [-0.15, -0.1) is 0 Å². The lowest BCUT2D eigenvalue weighted by Gasteiger charge is -2.19. The Hall–Kier alpha value is -1.09. The van der Waals surface area contributed by atoms with Crippen molar-refractivity contribution < 1.29 is 4.74 Å². The monoisotopic (exact) mass is 251 g/mol. The molecular weight excluding hydrogens is 230 g/mol. The van der Waals surface area contributed by atoms with Crippen LogP contribution in [0.5, 0.6) is 5.75 Å². The highest BCUT2D eigenvalue weighted by Gasteiger charge is 2.11. The van der Waals surface area contributed by atoms with Crippen molar-refractivity contribution in [1.82, 2.24) is 0 Å². The van der Waals surface area contributed by atoms with Gasteiger partial charge in [0.1, 0.15) is 10.7 Å². The SMILES string of the molecule is Cc1ccc(C(N)=S)c(OC(C)CC(C)C)c1. The molecule has 2 N–H and O–H groups in total. The highest BCUT2D eigenvalue weighted by Crippen LogP contribution is 2.23. The van der Waals surface area contributed by atoms with E-state index in [-0.39, 0.29) is 6.10 Å². The first-order valence-electron chi connectivity index (χ1n) is 5.97. The van der Waals surface area contributed by atoms with E-state index in [1.54, 1.807) is 0 Å². The van der Waals surface area contributed by atoms with Crippen molar-refractivity contribution in [3.05, 3.63) is 29.3 Å². The number of hydrogen-bond acceptors (Lipinski definition) is 2. The van der Waals surface area contributed by atoms with E-state index in [0.717, 1.165) is 23.3 Å². The lowest BCUT2D eigenvalue weighted by Crippen LogP contribution is -2.18. The van der Waals surface area contributed by atoms with E-state index in [1.807, 2.05) is 25.1 Å². The van der Waals surface area contributed by atoms with Crippen molar-refractivity contribution in [2.75, 3.05) is 0 Å². The smallest absolute Gasteiger partial charge is 0.130 e. The summed E-state index contributed by atoms with van der Waals surface area (Å²) in [4.78, 5) is 0.386. The number of ether oxygens (including phenoxy) is 1. The highest BCUT2D eigenvalue weighted by molar-refractivity contribution is 7.80. The molecule has 1 rings (SSSR count). The molecule has 1 unspecified atom stereocenters. The molecule has 2 nitrogen and oxygen atoms in total. The molecule has 94 valence electrons. The van der Waals surface area contributed by atoms with Gasteiger partial charge in [-0.05, 0) is 43.9 Å². The minimum Gasteiger partial charge on any atom is -0.490 e. The van der Waals surface area contributed by atoms with Crippen molar-refractivity contribution in [2.24, 2.45) is 11.7 Å². The third kappa shape index (κ3) is 4.35. The lowest BCUT2D eigenvalue weighted by atomic mass is 10.1. The molecular formula is C14H21NOS. The minimum absolute atomic E-state index is 0.171. The molecule has 17 heavy (non-hydrogen) atoms.